The number of nitrogens with zero attached hydrogens (tertiary/aromatic N) is 3. The van der Waals surface area contributed by atoms with Gasteiger partial charge in [-0.3, -0.25) is 4.79 Å². The molecule has 0 unspecified atom stereocenters. The van der Waals surface area contributed by atoms with Crippen LogP contribution in [0.15, 0.2) is 60.7 Å². The Morgan fingerprint density at radius 1 is 1.06 bits per heavy atom. The third kappa shape index (κ3) is 5.20. The number of ether oxygens (including phenoxy) is 1. The van der Waals surface area contributed by atoms with Gasteiger partial charge in [-0.25, -0.2) is 0 Å². The van der Waals surface area contributed by atoms with Crippen LogP contribution >= 0.6 is 0 Å². The molecule has 4 rings (SSSR count). The number of aryl methyl sites for hydroxylation is 1. The Morgan fingerprint density at radius 2 is 1.84 bits per heavy atom. The van der Waals surface area contributed by atoms with E-state index in [0.717, 1.165) is 43.7 Å². The summed E-state index contributed by atoms with van der Waals surface area (Å²) in [6.45, 7) is 3.88. The molecule has 1 aliphatic rings. The van der Waals surface area contributed by atoms with Crippen LogP contribution in [-0.2, 0) is 6.42 Å². The number of aromatic nitrogens is 2. The molecule has 0 spiro atoms. The van der Waals surface area contributed by atoms with E-state index in [1.807, 2.05) is 31.2 Å². The Kier molecular flexibility index (Phi) is 6.46. The monoisotopic (exact) mass is 416 g/mol. The van der Waals surface area contributed by atoms with Gasteiger partial charge >= 0.3 is 0 Å². The Morgan fingerprint density at radius 3 is 2.52 bits per heavy atom. The molecule has 1 saturated heterocycles. The van der Waals surface area contributed by atoms with Crippen LogP contribution in [0, 0.1) is 12.8 Å². The summed E-state index contributed by atoms with van der Waals surface area (Å²) in [6.07, 6.45) is 3.39. The Hall–Kier alpha value is -3.41. The second-order valence-corrected chi connectivity index (χ2v) is 8.05. The highest BCUT2D eigenvalue weighted by atomic mass is 16.5. The average molecular weight is 417 g/mol. The van der Waals surface area contributed by atoms with Gasteiger partial charge in [0, 0.05) is 13.1 Å². The third-order valence-corrected chi connectivity index (χ3v) is 5.79. The number of methoxy groups -OCH3 is 1. The maximum Gasteiger partial charge on any atom is 0.276 e. The lowest BCUT2D eigenvalue weighted by atomic mass is 9.90. The van der Waals surface area contributed by atoms with Crippen molar-refractivity contribution >= 4 is 17.4 Å². The topological polar surface area (TPSA) is 67.3 Å². The molecule has 1 N–H and O–H groups in total. The number of benzene rings is 2. The van der Waals surface area contributed by atoms with Crippen LogP contribution in [0.5, 0.6) is 5.75 Å². The predicted molar refractivity (Wildman–Crippen MR) is 123 cm³/mol. The van der Waals surface area contributed by atoms with Crippen LogP contribution in [0.1, 0.15) is 34.5 Å². The van der Waals surface area contributed by atoms with Crippen molar-refractivity contribution in [3.8, 4) is 5.75 Å². The molecule has 3 aromatic rings. The minimum atomic E-state index is -0.301. The van der Waals surface area contributed by atoms with Gasteiger partial charge < -0.3 is 15.0 Å². The zero-order chi connectivity index (χ0) is 21.6. The number of hydrogen-bond acceptors (Lipinski definition) is 5. The predicted octanol–water partition coefficient (Wildman–Crippen LogP) is 4.51. The lowest BCUT2D eigenvalue weighted by Gasteiger charge is -2.32. The lowest BCUT2D eigenvalue weighted by molar-refractivity contribution is 0.102. The SMILES string of the molecule is COc1ccc(C)cc1NC(=O)c1ccc(N2CCC(Cc3ccccc3)CC2)nn1. The average Bonchev–Trinajstić information content (AvgIpc) is 2.80. The van der Waals surface area contributed by atoms with Crippen molar-refractivity contribution in [2.75, 3.05) is 30.4 Å². The third-order valence-electron chi connectivity index (χ3n) is 5.79. The van der Waals surface area contributed by atoms with Crippen molar-refractivity contribution in [3.63, 3.8) is 0 Å². The summed E-state index contributed by atoms with van der Waals surface area (Å²) in [7, 11) is 1.58. The van der Waals surface area contributed by atoms with Crippen LogP contribution < -0.4 is 15.0 Å². The standard InChI is InChI=1S/C25H28N4O2/c1-18-8-10-23(31-2)22(16-18)26-25(30)21-9-11-24(28-27-21)29-14-12-20(13-15-29)17-19-6-4-3-5-7-19/h3-11,16,20H,12-15,17H2,1-2H3,(H,26,30). The molecule has 0 bridgehead atoms. The molecule has 2 heterocycles. The van der Waals surface area contributed by atoms with Crippen LogP contribution in [-0.4, -0.2) is 36.3 Å². The quantitative estimate of drug-likeness (QED) is 0.641. The van der Waals surface area contributed by atoms with Crippen molar-refractivity contribution in [1.29, 1.82) is 0 Å². The summed E-state index contributed by atoms with van der Waals surface area (Å²) in [5.74, 6) is 1.83. The van der Waals surface area contributed by atoms with E-state index in [-0.39, 0.29) is 11.6 Å². The molecule has 0 aliphatic carbocycles. The number of anilines is 2. The Balaban J connectivity index is 1.34. The number of nitrogens with one attached hydrogen (secondary N) is 1. The van der Waals surface area contributed by atoms with Gasteiger partial charge in [-0.05, 0) is 67.5 Å². The van der Waals surface area contributed by atoms with Crippen molar-refractivity contribution in [2.24, 2.45) is 5.92 Å². The number of piperidine rings is 1. The van der Waals surface area contributed by atoms with E-state index < -0.39 is 0 Å². The van der Waals surface area contributed by atoms with Crippen molar-refractivity contribution < 1.29 is 9.53 Å². The number of amides is 1. The first-order chi connectivity index (χ1) is 15.1. The number of rotatable bonds is 6. The van der Waals surface area contributed by atoms with Crippen LogP contribution in [0.3, 0.4) is 0 Å². The first-order valence-electron chi connectivity index (χ1n) is 10.7. The molecule has 6 nitrogen and oxygen atoms in total. The molecule has 0 radical (unpaired) electrons. The highest BCUT2D eigenvalue weighted by Gasteiger charge is 2.21. The molecule has 1 fully saturated rings. The zero-order valence-corrected chi connectivity index (χ0v) is 18.0. The summed E-state index contributed by atoms with van der Waals surface area (Å²) in [6, 6.07) is 19.9. The van der Waals surface area contributed by atoms with E-state index in [2.05, 4.69) is 50.7 Å². The molecule has 0 atom stereocenters. The van der Waals surface area contributed by atoms with Crippen molar-refractivity contribution in [2.45, 2.75) is 26.2 Å². The molecule has 1 amide bonds. The summed E-state index contributed by atoms with van der Waals surface area (Å²) in [4.78, 5) is 14.9. The Bertz CT molecular complexity index is 1010. The highest BCUT2D eigenvalue weighted by molar-refractivity contribution is 6.03. The smallest absolute Gasteiger partial charge is 0.276 e. The summed E-state index contributed by atoms with van der Waals surface area (Å²) >= 11 is 0. The molecule has 1 aromatic heterocycles. The number of hydrogen-bond donors (Lipinski definition) is 1. The van der Waals surface area contributed by atoms with Gasteiger partial charge in [0.2, 0.25) is 0 Å². The first kappa shape index (κ1) is 20.8. The highest BCUT2D eigenvalue weighted by Crippen LogP contribution is 2.26. The number of carbonyl (C=O) groups excluding carboxylic acids is 1. The van der Waals surface area contributed by atoms with E-state index in [1.54, 1.807) is 13.2 Å². The van der Waals surface area contributed by atoms with Gasteiger partial charge in [0.15, 0.2) is 11.5 Å². The normalized spacial score (nSPS) is 14.3. The lowest BCUT2D eigenvalue weighted by Crippen LogP contribution is -2.35. The molecule has 1 aliphatic heterocycles. The van der Waals surface area contributed by atoms with E-state index in [0.29, 0.717) is 17.4 Å². The zero-order valence-electron chi connectivity index (χ0n) is 18.0. The minimum Gasteiger partial charge on any atom is -0.495 e. The molecule has 31 heavy (non-hydrogen) atoms. The van der Waals surface area contributed by atoms with Gasteiger partial charge in [-0.1, -0.05) is 36.4 Å². The van der Waals surface area contributed by atoms with E-state index in [4.69, 9.17) is 4.74 Å². The van der Waals surface area contributed by atoms with Gasteiger partial charge in [-0.2, -0.15) is 0 Å². The fourth-order valence-electron chi connectivity index (χ4n) is 4.03. The van der Waals surface area contributed by atoms with Crippen LogP contribution in [0.25, 0.3) is 0 Å². The van der Waals surface area contributed by atoms with Crippen LogP contribution in [0.4, 0.5) is 11.5 Å². The maximum absolute atomic E-state index is 12.6. The van der Waals surface area contributed by atoms with Crippen molar-refractivity contribution in [3.05, 3.63) is 77.5 Å². The van der Waals surface area contributed by atoms with E-state index >= 15 is 0 Å². The maximum atomic E-state index is 12.6. The molecule has 6 heteroatoms. The van der Waals surface area contributed by atoms with Gasteiger partial charge in [0.1, 0.15) is 5.75 Å². The largest absolute Gasteiger partial charge is 0.495 e. The van der Waals surface area contributed by atoms with E-state index in [1.165, 1.54) is 5.56 Å². The number of carbonyl (C=O) groups is 1. The molecular formula is C25H28N4O2. The second-order valence-electron chi connectivity index (χ2n) is 8.05. The van der Waals surface area contributed by atoms with Gasteiger partial charge in [0.05, 0.1) is 12.8 Å². The minimum absolute atomic E-state index is 0.284. The summed E-state index contributed by atoms with van der Waals surface area (Å²) in [5, 5.41) is 11.4. The van der Waals surface area contributed by atoms with Gasteiger partial charge in [0.25, 0.3) is 5.91 Å². The summed E-state index contributed by atoms with van der Waals surface area (Å²) < 4.78 is 5.32. The Labute approximate surface area is 183 Å². The summed E-state index contributed by atoms with van der Waals surface area (Å²) in [5.41, 5.74) is 3.35. The van der Waals surface area contributed by atoms with E-state index in [9.17, 15) is 4.79 Å². The fraction of sp³-hybridized carbons (Fsp3) is 0.320. The van der Waals surface area contributed by atoms with Crippen molar-refractivity contribution in [1.82, 2.24) is 10.2 Å². The molecule has 160 valence electrons. The molecule has 0 saturated carbocycles. The molecule has 2 aromatic carbocycles. The molecular weight excluding hydrogens is 388 g/mol. The second kappa shape index (κ2) is 9.60. The fourth-order valence-corrected chi connectivity index (χ4v) is 4.03. The first-order valence-corrected chi connectivity index (χ1v) is 10.7. The van der Waals surface area contributed by atoms with Crippen LogP contribution in [0.2, 0.25) is 0 Å². The van der Waals surface area contributed by atoms with Gasteiger partial charge in [-0.15, -0.1) is 10.2 Å².